The van der Waals surface area contributed by atoms with Gasteiger partial charge in [-0.15, -0.1) is 0 Å². The zero-order valence-corrected chi connectivity index (χ0v) is 21.8. The average Bonchev–Trinajstić information content (AvgIpc) is 2.94. The van der Waals surface area contributed by atoms with Gasteiger partial charge in [0.1, 0.15) is 0 Å². The van der Waals surface area contributed by atoms with E-state index in [1.807, 2.05) is 54.4 Å². The van der Waals surface area contributed by atoms with Crippen LogP contribution in [0.1, 0.15) is 35.2 Å². The lowest BCUT2D eigenvalue weighted by Gasteiger charge is -2.20. The van der Waals surface area contributed by atoms with Crippen molar-refractivity contribution < 1.29 is 4.79 Å². The van der Waals surface area contributed by atoms with Gasteiger partial charge in [-0.2, -0.15) is 0 Å². The number of rotatable bonds is 12. The lowest BCUT2D eigenvalue weighted by atomic mass is 10.0. The van der Waals surface area contributed by atoms with E-state index in [-0.39, 0.29) is 5.91 Å². The number of hydrogen-bond donors (Lipinski definition) is 4. The molecule has 0 heterocycles. The second-order valence-corrected chi connectivity index (χ2v) is 8.64. The van der Waals surface area contributed by atoms with Gasteiger partial charge in [0.15, 0.2) is 0 Å². The van der Waals surface area contributed by atoms with Gasteiger partial charge in [0.05, 0.1) is 17.7 Å². The Morgan fingerprint density at radius 2 is 1.73 bits per heavy atom. The molecule has 0 atom stereocenters. The molecule has 2 aromatic rings. The van der Waals surface area contributed by atoms with Crippen LogP contribution in [0.15, 0.2) is 101 Å². The highest BCUT2D eigenvalue weighted by molar-refractivity contribution is 6.05. The van der Waals surface area contributed by atoms with Crippen LogP contribution in [0.4, 0.5) is 11.4 Å². The Balaban J connectivity index is 1.61. The van der Waals surface area contributed by atoms with Crippen LogP contribution >= 0.6 is 0 Å². The second-order valence-electron chi connectivity index (χ2n) is 8.64. The maximum atomic E-state index is 11.8. The summed E-state index contributed by atoms with van der Waals surface area (Å²) in [6.07, 6.45) is 13.1. The summed E-state index contributed by atoms with van der Waals surface area (Å²) in [5.41, 5.74) is 6.69. The molecule has 37 heavy (non-hydrogen) atoms. The Hall–Kier alpha value is -4.39. The smallest absolute Gasteiger partial charge is 0.251 e. The van der Waals surface area contributed by atoms with Crippen molar-refractivity contribution in [2.75, 3.05) is 26.0 Å². The molecule has 4 N–H and O–H groups in total. The molecule has 0 aliphatic heterocycles. The van der Waals surface area contributed by atoms with Gasteiger partial charge in [0, 0.05) is 56.7 Å². The van der Waals surface area contributed by atoms with Gasteiger partial charge in [-0.3, -0.25) is 15.2 Å². The average molecular weight is 497 g/mol. The van der Waals surface area contributed by atoms with Crippen molar-refractivity contribution in [1.29, 1.82) is 5.41 Å². The van der Waals surface area contributed by atoms with E-state index in [1.165, 1.54) is 5.57 Å². The monoisotopic (exact) mass is 496 g/mol. The molecule has 3 rings (SSSR count). The summed E-state index contributed by atoms with van der Waals surface area (Å²) in [6, 6.07) is 15.5. The van der Waals surface area contributed by atoms with Gasteiger partial charge >= 0.3 is 0 Å². The molecule has 1 aliphatic rings. The minimum absolute atomic E-state index is 0.120. The highest BCUT2D eigenvalue weighted by atomic mass is 16.1. The van der Waals surface area contributed by atoms with Crippen molar-refractivity contribution in [3.63, 3.8) is 0 Å². The van der Waals surface area contributed by atoms with Gasteiger partial charge in [-0.25, -0.2) is 0 Å². The van der Waals surface area contributed by atoms with E-state index in [0.717, 1.165) is 41.9 Å². The van der Waals surface area contributed by atoms with Crippen LogP contribution < -0.4 is 20.9 Å². The molecule has 1 aliphatic carbocycles. The SMILES string of the molecule is C=C(NCc1ccc(N(/C=N\C)c2ccc(C(=O)NC)cc2)cc1)C(=N)/C=C(/CC1=CCCC=C1)NC. The molecule has 0 radical (unpaired) electrons. The van der Waals surface area contributed by atoms with Gasteiger partial charge in [0.25, 0.3) is 5.91 Å². The molecule has 192 valence electrons. The predicted molar refractivity (Wildman–Crippen MR) is 155 cm³/mol. The summed E-state index contributed by atoms with van der Waals surface area (Å²) in [5, 5.41) is 17.5. The fourth-order valence-electron chi connectivity index (χ4n) is 3.89. The topological polar surface area (TPSA) is 92.6 Å². The Kier molecular flexibility index (Phi) is 10.0. The molecule has 2 aromatic carbocycles. The van der Waals surface area contributed by atoms with Crippen molar-refractivity contribution in [3.05, 3.63) is 108 Å². The number of nitrogens with zero attached hydrogens (tertiary/aromatic N) is 2. The van der Waals surface area contributed by atoms with Gasteiger partial charge < -0.3 is 20.9 Å². The number of aliphatic imine (C=N–C) groups is 1. The maximum absolute atomic E-state index is 11.8. The standard InChI is InChI=1S/C30H36N6O/c1-22(29(31)19-26(33-3)18-23-8-6-5-7-9-23)35-20-24-10-14-27(15-11-24)36(21-32-2)28-16-12-25(13-17-28)30(37)34-4/h6,8-17,19,21,31,33,35H,1,5,7,18,20H2,2-4H3,(H,34,37)/b26-19-,31-29?,32-21-. The molecule has 0 bridgehead atoms. The minimum Gasteiger partial charge on any atom is -0.391 e. The van der Waals surface area contributed by atoms with Crippen LogP contribution in [0.5, 0.6) is 0 Å². The largest absolute Gasteiger partial charge is 0.391 e. The third-order valence-corrected chi connectivity index (χ3v) is 6.02. The van der Waals surface area contributed by atoms with Crippen molar-refractivity contribution in [1.82, 2.24) is 16.0 Å². The molecule has 0 unspecified atom stereocenters. The Bertz CT molecular complexity index is 1220. The highest BCUT2D eigenvalue weighted by Gasteiger charge is 2.10. The number of carbonyl (C=O) groups is 1. The fourth-order valence-corrected chi connectivity index (χ4v) is 3.89. The zero-order chi connectivity index (χ0) is 26.6. The van der Waals surface area contributed by atoms with Crippen molar-refractivity contribution in [2.45, 2.75) is 25.8 Å². The van der Waals surface area contributed by atoms with E-state index in [0.29, 0.717) is 23.5 Å². The summed E-state index contributed by atoms with van der Waals surface area (Å²) >= 11 is 0. The van der Waals surface area contributed by atoms with Gasteiger partial charge in [-0.1, -0.05) is 36.9 Å². The normalized spacial score (nSPS) is 13.2. The minimum atomic E-state index is -0.120. The highest BCUT2D eigenvalue weighted by Crippen LogP contribution is 2.25. The fraction of sp³-hybridized carbons (Fsp3) is 0.233. The van der Waals surface area contributed by atoms with E-state index in [2.05, 4.69) is 45.7 Å². The first-order valence-corrected chi connectivity index (χ1v) is 12.3. The van der Waals surface area contributed by atoms with Gasteiger partial charge in [-0.05, 0) is 66.5 Å². The first-order valence-electron chi connectivity index (χ1n) is 12.3. The van der Waals surface area contributed by atoms with Crippen molar-refractivity contribution in [3.8, 4) is 0 Å². The summed E-state index contributed by atoms with van der Waals surface area (Å²) in [5.74, 6) is -0.120. The number of nitrogens with one attached hydrogen (secondary N) is 4. The van der Waals surface area contributed by atoms with Crippen molar-refractivity contribution >= 4 is 29.3 Å². The molecule has 0 fully saturated rings. The van der Waals surface area contributed by atoms with Crippen LogP contribution in [-0.2, 0) is 6.54 Å². The zero-order valence-electron chi connectivity index (χ0n) is 21.8. The van der Waals surface area contributed by atoms with Crippen molar-refractivity contribution in [2.24, 2.45) is 4.99 Å². The van der Waals surface area contributed by atoms with E-state index in [1.54, 1.807) is 32.6 Å². The quantitative estimate of drug-likeness (QED) is 0.239. The van der Waals surface area contributed by atoms with Crippen LogP contribution in [0.2, 0.25) is 0 Å². The van der Waals surface area contributed by atoms with Crippen LogP contribution in [0.25, 0.3) is 0 Å². The maximum Gasteiger partial charge on any atom is 0.251 e. The third-order valence-electron chi connectivity index (χ3n) is 6.02. The van der Waals surface area contributed by atoms with Gasteiger partial charge in [0.2, 0.25) is 0 Å². The molecule has 0 aromatic heterocycles. The Morgan fingerprint density at radius 1 is 1.05 bits per heavy atom. The summed E-state index contributed by atoms with van der Waals surface area (Å²) in [7, 11) is 5.22. The molecular formula is C30H36N6O. The van der Waals surface area contributed by atoms with E-state index in [4.69, 9.17) is 5.41 Å². The number of hydrogen-bond acceptors (Lipinski definition) is 5. The summed E-state index contributed by atoms with van der Waals surface area (Å²) in [4.78, 5) is 18.0. The van der Waals surface area contributed by atoms with E-state index in [9.17, 15) is 4.79 Å². The van der Waals surface area contributed by atoms with E-state index >= 15 is 0 Å². The predicted octanol–water partition coefficient (Wildman–Crippen LogP) is 5.24. The Labute approximate surface area is 219 Å². The number of amides is 1. The Morgan fingerprint density at radius 3 is 2.30 bits per heavy atom. The number of allylic oxidation sites excluding steroid dienone is 5. The van der Waals surface area contributed by atoms with Crippen LogP contribution in [-0.4, -0.2) is 39.1 Å². The molecule has 7 heteroatoms. The number of carbonyl (C=O) groups excluding carboxylic acids is 1. The summed E-state index contributed by atoms with van der Waals surface area (Å²) < 4.78 is 0. The first-order chi connectivity index (χ1) is 17.9. The molecular weight excluding hydrogens is 460 g/mol. The van der Waals surface area contributed by atoms with Crippen LogP contribution in [0.3, 0.4) is 0 Å². The third kappa shape index (κ3) is 7.80. The summed E-state index contributed by atoms with van der Waals surface area (Å²) in [6.45, 7) is 4.60. The van der Waals surface area contributed by atoms with E-state index < -0.39 is 0 Å². The first kappa shape index (κ1) is 27.2. The molecule has 1 amide bonds. The molecule has 7 nitrogen and oxygen atoms in total. The van der Waals surface area contributed by atoms with Crippen LogP contribution in [0, 0.1) is 5.41 Å². The molecule has 0 saturated carbocycles. The lowest BCUT2D eigenvalue weighted by molar-refractivity contribution is 0.0963. The lowest BCUT2D eigenvalue weighted by Crippen LogP contribution is -2.19. The molecule has 0 spiro atoms. The molecule has 0 saturated heterocycles. The second kappa shape index (κ2) is 13.6. The number of benzene rings is 2. The number of anilines is 2.